The first-order chi connectivity index (χ1) is 9.47. The van der Waals surface area contributed by atoms with E-state index in [9.17, 15) is 9.18 Å². The van der Waals surface area contributed by atoms with Gasteiger partial charge in [0, 0.05) is 15.6 Å². The molecule has 0 bridgehead atoms. The number of hydrogen-bond acceptors (Lipinski definition) is 3. The minimum Gasteiger partial charge on any atom is -0.457 e. The van der Waals surface area contributed by atoms with Crippen LogP contribution in [0.15, 0.2) is 36.4 Å². The van der Waals surface area contributed by atoms with Gasteiger partial charge in [-0.2, -0.15) is 0 Å². The summed E-state index contributed by atoms with van der Waals surface area (Å²) in [5.41, 5.74) is 6.00. The summed E-state index contributed by atoms with van der Waals surface area (Å²) in [6.45, 7) is -0.0270. The molecule has 3 nitrogen and oxygen atoms in total. The zero-order chi connectivity index (χ0) is 14.7. The molecule has 0 heterocycles. The van der Waals surface area contributed by atoms with Crippen molar-refractivity contribution >= 4 is 34.9 Å². The Morgan fingerprint density at radius 1 is 1.20 bits per heavy atom. The minimum absolute atomic E-state index is 0.0257. The molecule has 0 fully saturated rings. The van der Waals surface area contributed by atoms with Crippen LogP contribution in [0.2, 0.25) is 10.0 Å². The number of carbonyl (C=O) groups is 1. The summed E-state index contributed by atoms with van der Waals surface area (Å²) in [6, 6.07) is 8.57. The number of hydrogen-bond donors (Lipinski definition) is 1. The topological polar surface area (TPSA) is 52.3 Å². The molecule has 104 valence electrons. The molecule has 20 heavy (non-hydrogen) atoms. The lowest BCUT2D eigenvalue weighted by Gasteiger charge is -2.07. The largest absolute Gasteiger partial charge is 0.457 e. The van der Waals surface area contributed by atoms with Gasteiger partial charge in [-0.1, -0.05) is 29.3 Å². The van der Waals surface area contributed by atoms with Gasteiger partial charge in [-0.3, -0.25) is 0 Å². The first-order valence-electron chi connectivity index (χ1n) is 5.63. The number of ether oxygens (including phenoxy) is 1. The molecule has 0 atom stereocenters. The van der Waals surface area contributed by atoms with E-state index in [4.69, 9.17) is 33.7 Å². The summed E-state index contributed by atoms with van der Waals surface area (Å²) in [7, 11) is 0. The van der Waals surface area contributed by atoms with Crippen LogP contribution in [-0.2, 0) is 11.3 Å². The molecule has 0 amide bonds. The molecule has 0 unspecified atom stereocenters. The molecule has 0 saturated carbocycles. The summed E-state index contributed by atoms with van der Waals surface area (Å²) >= 11 is 11.7. The Bertz CT molecular complexity index is 662. The van der Waals surface area contributed by atoms with Gasteiger partial charge in [0.1, 0.15) is 12.4 Å². The number of rotatable bonds is 3. The lowest BCUT2D eigenvalue weighted by atomic mass is 10.2. The normalized spacial score (nSPS) is 10.3. The van der Waals surface area contributed by atoms with Crippen LogP contribution in [0, 0.1) is 5.82 Å². The van der Waals surface area contributed by atoms with E-state index in [1.165, 1.54) is 12.1 Å². The first kappa shape index (κ1) is 14.6. The lowest BCUT2D eigenvalue weighted by molar-refractivity contribution is 0.0472. The summed E-state index contributed by atoms with van der Waals surface area (Å²) in [6.07, 6.45) is 0. The van der Waals surface area contributed by atoms with Crippen LogP contribution < -0.4 is 5.73 Å². The molecular weight excluding hydrogens is 304 g/mol. The van der Waals surface area contributed by atoms with Crippen LogP contribution >= 0.6 is 23.2 Å². The first-order valence-corrected chi connectivity index (χ1v) is 6.39. The van der Waals surface area contributed by atoms with Crippen molar-refractivity contribution < 1.29 is 13.9 Å². The number of carbonyl (C=O) groups excluding carboxylic acids is 1. The average Bonchev–Trinajstić information content (AvgIpc) is 2.40. The zero-order valence-corrected chi connectivity index (χ0v) is 11.7. The van der Waals surface area contributed by atoms with Crippen LogP contribution in [0.25, 0.3) is 0 Å². The molecule has 2 N–H and O–H groups in total. The molecule has 6 heteroatoms. The van der Waals surface area contributed by atoms with E-state index in [2.05, 4.69) is 0 Å². The lowest BCUT2D eigenvalue weighted by Crippen LogP contribution is -2.06. The molecular formula is C14H10Cl2FNO2. The molecule has 0 aliphatic carbocycles. The second-order valence-corrected chi connectivity index (χ2v) is 4.89. The van der Waals surface area contributed by atoms with Gasteiger partial charge >= 0.3 is 5.97 Å². The summed E-state index contributed by atoms with van der Waals surface area (Å²) in [5.74, 6) is -1.32. The maximum Gasteiger partial charge on any atom is 0.338 e. The van der Waals surface area contributed by atoms with Crippen molar-refractivity contribution in [2.75, 3.05) is 5.73 Å². The SMILES string of the molecule is Nc1ccc(C(=O)OCc2ccc(Cl)cc2Cl)cc1F. The van der Waals surface area contributed by atoms with E-state index in [1.807, 2.05) is 0 Å². The molecule has 0 saturated heterocycles. The maximum atomic E-state index is 13.2. The Morgan fingerprint density at radius 3 is 2.60 bits per heavy atom. The molecule has 0 aliphatic rings. The quantitative estimate of drug-likeness (QED) is 0.686. The third kappa shape index (κ3) is 3.40. The smallest absolute Gasteiger partial charge is 0.338 e. The van der Waals surface area contributed by atoms with Gasteiger partial charge in [0.05, 0.1) is 11.3 Å². The van der Waals surface area contributed by atoms with Crippen LogP contribution in [0.4, 0.5) is 10.1 Å². The molecule has 2 rings (SSSR count). The zero-order valence-electron chi connectivity index (χ0n) is 10.2. The Hall–Kier alpha value is -1.78. The predicted molar refractivity (Wildman–Crippen MR) is 76.4 cm³/mol. The number of nitrogen functional groups attached to an aromatic ring is 1. The highest BCUT2D eigenvalue weighted by Gasteiger charge is 2.11. The van der Waals surface area contributed by atoms with Crippen molar-refractivity contribution in [2.24, 2.45) is 0 Å². The van der Waals surface area contributed by atoms with Crippen molar-refractivity contribution in [3.8, 4) is 0 Å². The molecule has 0 aliphatic heterocycles. The fourth-order valence-electron chi connectivity index (χ4n) is 1.52. The van der Waals surface area contributed by atoms with Gasteiger partial charge in [0.15, 0.2) is 0 Å². The molecule has 0 spiro atoms. The highest BCUT2D eigenvalue weighted by atomic mass is 35.5. The predicted octanol–water partition coefficient (Wildman–Crippen LogP) is 4.07. The standard InChI is InChI=1S/C14H10Cl2FNO2/c15-10-3-1-9(11(16)6-10)7-20-14(19)8-2-4-13(18)12(17)5-8/h1-6H,7,18H2. The van der Waals surface area contributed by atoms with Crippen LogP contribution in [0.1, 0.15) is 15.9 Å². The average molecular weight is 314 g/mol. The number of halogens is 3. The van der Waals surface area contributed by atoms with Crippen molar-refractivity contribution in [2.45, 2.75) is 6.61 Å². The van der Waals surface area contributed by atoms with Gasteiger partial charge < -0.3 is 10.5 Å². The van der Waals surface area contributed by atoms with Crippen LogP contribution in [-0.4, -0.2) is 5.97 Å². The van der Waals surface area contributed by atoms with Gasteiger partial charge in [-0.05, 0) is 30.3 Å². The molecule has 2 aromatic carbocycles. The van der Waals surface area contributed by atoms with E-state index in [0.717, 1.165) is 6.07 Å². The van der Waals surface area contributed by atoms with E-state index in [1.54, 1.807) is 18.2 Å². The second-order valence-electron chi connectivity index (χ2n) is 4.05. The van der Waals surface area contributed by atoms with Crippen LogP contribution in [0.3, 0.4) is 0 Å². The number of benzene rings is 2. The Kier molecular flexibility index (Phi) is 4.47. The van der Waals surface area contributed by atoms with E-state index < -0.39 is 11.8 Å². The highest BCUT2D eigenvalue weighted by Crippen LogP contribution is 2.22. The van der Waals surface area contributed by atoms with Crippen molar-refractivity contribution in [1.29, 1.82) is 0 Å². The number of esters is 1. The van der Waals surface area contributed by atoms with Crippen molar-refractivity contribution in [1.82, 2.24) is 0 Å². The van der Waals surface area contributed by atoms with E-state index >= 15 is 0 Å². The van der Waals surface area contributed by atoms with Gasteiger partial charge in [-0.25, -0.2) is 9.18 Å². The maximum absolute atomic E-state index is 13.2. The monoisotopic (exact) mass is 313 g/mol. The van der Waals surface area contributed by atoms with Crippen molar-refractivity contribution in [3.63, 3.8) is 0 Å². The second kappa shape index (κ2) is 6.11. The van der Waals surface area contributed by atoms with Crippen LogP contribution in [0.5, 0.6) is 0 Å². The molecule has 0 radical (unpaired) electrons. The van der Waals surface area contributed by atoms with E-state index in [0.29, 0.717) is 15.6 Å². The van der Waals surface area contributed by atoms with Gasteiger partial charge in [-0.15, -0.1) is 0 Å². The number of nitrogens with two attached hydrogens (primary N) is 1. The highest BCUT2D eigenvalue weighted by molar-refractivity contribution is 6.35. The summed E-state index contributed by atoms with van der Waals surface area (Å²) < 4.78 is 18.3. The fraction of sp³-hybridized carbons (Fsp3) is 0.0714. The third-order valence-corrected chi connectivity index (χ3v) is 3.20. The molecule has 2 aromatic rings. The summed E-state index contributed by atoms with van der Waals surface area (Å²) in [4.78, 5) is 11.8. The molecule has 0 aromatic heterocycles. The van der Waals surface area contributed by atoms with Gasteiger partial charge in [0.2, 0.25) is 0 Å². The number of anilines is 1. The van der Waals surface area contributed by atoms with E-state index in [-0.39, 0.29) is 17.9 Å². The summed E-state index contributed by atoms with van der Waals surface area (Å²) in [5, 5.41) is 0.888. The fourth-order valence-corrected chi connectivity index (χ4v) is 1.98. The Morgan fingerprint density at radius 2 is 1.95 bits per heavy atom. The Labute approximate surface area is 125 Å². The van der Waals surface area contributed by atoms with Crippen molar-refractivity contribution in [3.05, 3.63) is 63.4 Å². The minimum atomic E-state index is -0.663. The van der Waals surface area contributed by atoms with Gasteiger partial charge in [0.25, 0.3) is 0 Å². The third-order valence-electron chi connectivity index (χ3n) is 2.61. The Balaban J connectivity index is 2.06.